The molecule has 0 bridgehead atoms. The van der Waals surface area contributed by atoms with E-state index in [1.165, 1.54) is 10.4 Å². The molecule has 1 amide bonds. The minimum Gasteiger partial charge on any atom is -0.381 e. The zero-order valence-electron chi connectivity index (χ0n) is 13.9. The Morgan fingerprint density at radius 2 is 2.25 bits per heavy atom. The molecule has 0 saturated carbocycles. The SMILES string of the molecule is CCNc1ncnc2sc3c(c12)CCN(C(=O)C1CCOCC1)C3. The van der Waals surface area contributed by atoms with E-state index < -0.39 is 0 Å². The number of hydrogen-bond acceptors (Lipinski definition) is 6. The second-order valence-corrected chi connectivity index (χ2v) is 7.42. The predicted octanol–water partition coefficient (Wildman–Crippen LogP) is 2.43. The Labute approximate surface area is 145 Å². The summed E-state index contributed by atoms with van der Waals surface area (Å²) in [7, 11) is 0. The summed E-state index contributed by atoms with van der Waals surface area (Å²) >= 11 is 1.70. The van der Waals surface area contributed by atoms with E-state index in [4.69, 9.17) is 4.74 Å². The minimum atomic E-state index is 0.131. The zero-order valence-corrected chi connectivity index (χ0v) is 14.7. The van der Waals surface area contributed by atoms with Crippen LogP contribution in [0.15, 0.2) is 6.33 Å². The number of rotatable bonds is 3. The summed E-state index contributed by atoms with van der Waals surface area (Å²) in [5, 5.41) is 4.48. The summed E-state index contributed by atoms with van der Waals surface area (Å²) in [6, 6.07) is 0. The summed E-state index contributed by atoms with van der Waals surface area (Å²) < 4.78 is 5.38. The van der Waals surface area contributed by atoms with E-state index in [0.717, 1.165) is 48.4 Å². The van der Waals surface area contributed by atoms with Gasteiger partial charge in [0, 0.05) is 37.1 Å². The third kappa shape index (κ3) is 2.75. The molecule has 0 aliphatic carbocycles. The van der Waals surface area contributed by atoms with Crippen LogP contribution < -0.4 is 5.32 Å². The van der Waals surface area contributed by atoms with Crippen LogP contribution in [0.3, 0.4) is 0 Å². The van der Waals surface area contributed by atoms with Crippen molar-refractivity contribution in [3.63, 3.8) is 0 Å². The Morgan fingerprint density at radius 3 is 3.04 bits per heavy atom. The number of fused-ring (bicyclic) bond motifs is 3. The quantitative estimate of drug-likeness (QED) is 0.924. The number of ether oxygens (including phenoxy) is 1. The van der Waals surface area contributed by atoms with Crippen LogP contribution in [0.25, 0.3) is 10.2 Å². The predicted molar refractivity (Wildman–Crippen MR) is 94.2 cm³/mol. The fourth-order valence-corrected chi connectivity index (χ4v) is 4.82. The molecule has 4 heterocycles. The van der Waals surface area contributed by atoms with Gasteiger partial charge in [-0.25, -0.2) is 9.97 Å². The lowest BCUT2D eigenvalue weighted by Crippen LogP contribution is -2.41. The van der Waals surface area contributed by atoms with Crippen molar-refractivity contribution in [3.05, 3.63) is 16.8 Å². The van der Waals surface area contributed by atoms with Gasteiger partial charge in [0.25, 0.3) is 0 Å². The summed E-state index contributed by atoms with van der Waals surface area (Å²) in [6.07, 6.45) is 4.21. The number of hydrogen-bond donors (Lipinski definition) is 1. The molecule has 0 spiro atoms. The largest absolute Gasteiger partial charge is 0.381 e. The molecule has 2 aromatic rings. The molecule has 2 aliphatic rings. The smallest absolute Gasteiger partial charge is 0.226 e. The fraction of sp³-hybridized carbons (Fsp3) is 0.588. The lowest BCUT2D eigenvalue weighted by atomic mass is 9.97. The highest BCUT2D eigenvalue weighted by Crippen LogP contribution is 2.37. The average Bonchev–Trinajstić information content (AvgIpc) is 3.00. The number of thiophene rings is 1. The van der Waals surface area contributed by atoms with E-state index in [0.29, 0.717) is 25.7 Å². The number of carbonyl (C=O) groups is 1. The van der Waals surface area contributed by atoms with Gasteiger partial charge < -0.3 is 15.0 Å². The van der Waals surface area contributed by atoms with E-state index in [1.807, 2.05) is 4.90 Å². The van der Waals surface area contributed by atoms with E-state index >= 15 is 0 Å². The van der Waals surface area contributed by atoms with Crippen molar-refractivity contribution in [3.8, 4) is 0 Å². The van der Waals surface area contributed by atoms with Gasteiger partial charge in [0.05, 0.1) is 11.9 Å². The van der Waals surface area contributed by atoms with Crippen LogP contribution in [0.4, 0.5) is 5.82 Å². The molecule has 0 atom stereocenters. The van der Waals surface area contributed by atoms with Gasteiger partial charge >= 0.3 is 0 Å². The zero-order chi connectivity index (χ0) is 16.5. The van der Waals surface area contributed by atoms with Crippen molar-refractivity contribution in [2.45, 2.75) is 32.7 Å². The standard InChI is InChI=1S/C17H22N4O2S/c1-2-18-15-14-12-3-6-21(17(22)11-4-7-23-8-5-11)9-13(12)24-16(14)20-10-19-15/h10-11H,2-9H2,1H3,(H,18,19,20). The maximum Gasteiger partial charge on any atom is 0.226 e. The van der Waals surface area contributed by atoms with Gasteiger partial charge in [-0.2, -0.15) is 0 Å². The van der Waals surface area contributed by atoms with Gasteiger partial charge in [-0.3, -0.25) is 4.79 Å². The third-order valence-corrected chi connectivity index (χ3v) is 5.99. The van der Waals surface area contributed by atoms with Crippen LogP contribution in [0.1, 0.15) is 30.2 Å². The molecule has 6 nitrogen and oxygen atoms in total. The monoisotopic (exact) mass is 346 g/mol. The Kier molecular flexibility index (Phi) is 4.37. The molecular formula is C17H22N4O2S. The number of anilines is 1. The highest BCUT2D eigenvalue weighted by molar-refractivity contribution is 7.19. The summed E-state index contributed by atoms with van der Waals surface area (Å²) in [5.41, 5.74) is 1.32. The number of amides is 1. The lowest BCUT2D eigenvalue weighted by molar-refractivity contribution is -0.139. The minimum absolute atomic E-state index is 0.131. The Hall–Kier alpha value is -1.73. The van der Waals surface area contributed by atoms with Crippen LogP contribution in [0, 0.1) is 5.92 Å². The Balaban J connectivity index is 1.60. The normalized spacial score (nSPS) is 18.6. The first-order valence-corrected chi connectivity index (χ1v) is 9.45. The molecule has 0 radical (unpaired) electrons. The van der Waals surface area contributed by atoms with Gasteiger partial charge in [-0.05, 0) is 31.7 Å². The van der Waals surface area contributed by atoms with Gasteiger partial charge in [0.15, 0.2) is 0 Å². The van der Waals surface area contributed by atoms with Crippen LogP contribution in [0.2, 0.25) is 0 Å². The first-order valence-electron chi connectivity index (χ1n) is 8.63. The second-order valence-electron chi connectivity index (χ2n) is 6.33. The van der Waals surface area contributed by atoms with E-state index in [9.17, 15) is 4.79 Å². The molecule has 0 unspecified atom stereocenters. The third-order valence-electron chi connectivity index (χ3n) is 4.86. The Bertz CT molecular complexity index is 754. The molecule has 1 fully saturated rings. The molecule has 2 aromatic heterocycles. The number of aromatic nitrogens is 2. The van der Waals surface area contributed by atoms with Crippen molar-refractivity contribution >= 4 is 33.3 Å². The molecule has 1 saturated heterocycles. The van der Waals surface area contributed by atoms with Crippen molar-refractivity contribution in [1.82, 2.24) is 14.9 Å². The van der Waals surface area contributed by atoms with Crippen LogP contribution in [0.5, 0.6) is 0 Å². The van der Waals surface area contributed by atoms with Crippen molar-refractivity contribution in [2.75, 3.05) is 31.6 Å². The molecule has 4 rings (SSSR count). The summed E-state index contributed by atoms with van der Waals surface area (Å²) in [6.45, 7) is 5.82. The highest BCUT2D eigenvalue weighted by atomic mass is 32.1. The highest BCUT2D eigenvalue weighted by Gasteiger charge is 2.30. The van der Waals surface area contributed by atoms with Gasteiger partial charge in [0.2, 0.25) is 5.91 Å². The van der Waals surface area contributed by atoms with Crippen LogP contribution in [-0.4, -0.2) is 47.1 Å². The molecule has 128 valence electrons. The van der Waals surface area contributed by atoms with Crippen molar-refractivity contribution < 1.29 is 9.53 Å². The molecule has 24 heavy (non-hydrogen) atoms. The van der Waals surface area contributed by atoms with Crippen LogP contribution in [-0.2, 0) is 22.5 Å². The van der Waals surface area contributed by atoms with Gasteiger partial charge in [-0.1, -0.05) is 0 Å². The summed E-state index contributed by atoms with van der Waals surface area (Å²) in [5.74, 6) is 1.34. The molecule has 7 heteroatoms. The first-order chi connectivity index (χ1) is 11.8. The van der Waals surface area contributed by atoms with Crippen LogP contribution >= 0.6 is 11.3 Å². The van der Waals surface area contributed by atoms with E-state index in [-0.39, 0.29) is 5.92 Å². The lowest BCUT2D eigenvalue weighted by Gasteiger charge is -2.32. The molecule has 1 N–H and O–H groups in total. The molecule has 2 aliphatic heterocycles. The maximum absolute atomic E-state index is 12.8. The summed E-state index contributed by atoms with van der Waals surface area (Å²) in [4.78, 5) is 25.9. The maximum atomic E-state index is 12.8. The molecular weight excluding hydrogens is 324 g/mol. The average molecular weight is 346 g/mol. The van der Waals surface area contributed by atoms with Gasteiger partial charge in [0.1, 0.15) is 17.0 Å². The van der Waals surface area contributed by atoms with Crippen molar-refractivity contribution in [1.29, 1.82) is 0 Å². The topological polar surface area (TPSA) is 67.4 Å². The fourth-order valence-electron chi connectivity index (χ4n) is 3.62. The van der Waals surface area contributed by atoms with E-state index in [1.54, 1.807) is 17.7 Å². The van der Waals surface area contributed by atoms with E-state index in [2.05, 4.69) is 22.2 Å². The van der Waals surface area contributed by atoms with Crippen molar-refractivity contribution in [2.24, 2.45) is 5.92 Å². The molecule has 0 aromatic carbocycles. The number of carbonyl (C=O) groups excluding carboxylic acids is 1. The van der Waals surface area contributed by atoms with Gasteiger partial charge in [-0.15, -0.1) is 11.3 Å². The number of nitrogens with one attached hydrogen (secondary N) is 1. The first kappa shape index (κ1) is 15.8. The number of nitrogens with zero attached hydrogens (tertiary/aromatic N) is 3. The second kappa shape index (κ2) is 6.64. The Morgan fingerprint density at radius 1 is 1.42 bits per heavy atom.